The van der Waals surface area contributed by atoms with E-state index >= 15 is 0 Å². The monoisotopic (exact) mass is 390 g/mol. The number of rotatable bonds is 5. The number of hydrogen-bond acceptors (Lipinski definition) is 3. The largest absolute Gasteiger partial charge is 0.347 e. The highest BCUT2D eigenvalue weighted by Crippen LogP contribution is 2.22. The number of fused-ring (bicyclic) bond motifs is 1. The van der Waals surface area contributed by atoms with Crippen LogP contribution in [0.25, 0.3) is 16.9 Å². The predicted octanol–water partition coefficient (Wildman–Crippen LogP) is 4.54. The summed E-state index contributed by atoms with van der Waals surface area (Å²) >= 11 is 5.95. The Morgan fingerprint density at radius 3 is 2.43 bits per heavy atom. The molecule has 0 unspecified atom stereocenters. The Labute approximate surface area is 168 Å². The van der Waals surface area contributed by atoms with Gasteiger partial charge in [0, 0.05) is 24.0 Å². The molecule has 2 aromatic carbocycles. The van der Waals surface area contributed by atoms with Crippen LogP contribution in [0.1, 0.15) is 28.7 Å². The SMILES string of the molecule is CCc1nc2ncccn2c1C(=O)NCc1ccc(-c2ccc(Cl)cc2)cc1. The number of aromatic nitrogens is 3. The number of carbonyl (C=O) groups excluding carboxylic acids is 1. The van der Waals surface area contributed by atoms with Crippen molar-refractivity contribution in [1.29, 1.82) is 0 Å². The van der Waals surface area contributed by atoms with E-state index in [4.69, 9.17) is 11.6 Å². The summed E-state index contributed by atoms with van der Waals surface area (Å²) in [6.07, 6.45) is 4.15. The Balaban J connectivity index is 1.49. The Kier molecular flexibility index (Phi) is 5.08. The van der Waals surface area contributed by atoms with Crippen molar-refractivity contribution in [2.45, 2.75) is 19.9 Å². The molecule has 4 rings (SSSR count). The summed E-state index contributed by atoms with van der Waals surface area (Å²) in [7, 11) is 0. The number of nitrogens with zero attached hydrogens (tertiary/aromatic N) is 3. The quantitative estimate of drug-likeness (QED) is 0.544. The number of amides is 1. The van der Waals surface area contributed by atoms with Gasteiger partial charge in [-0.1, -0.05) is 54.9 Å². The summed E-state index contributed by atoms with van der Waals surface area (Å²) in [5, 5.41) is 3.71. The van der Waals surface area contributed by atoms with Crippen LogP contribution >= 0.6 is 11.6 Å². The van der Waals surface area contributed by atoms with E-state index in [1.54, 1.807) is 16.7 Å². The molecular formula is C22H19ClN4O. The van der Waals surface area contributed by atoms with E-state index in [0.29, 0.717) is 24.4 Å². The molecule has 0 saturated carbocycles. The lowest BCUT2D eigenvalue weighted by molar-refractivity contribution is 0.0944. The topological polar surface area (TPSA) is 59.3 Å². The van der Waals surface area contributed by atoms with Crippen molar-refractivity contribution >= 4 is 23.3 Å². The molecule has 0 saturated heterocycles. The van der Waals surface area contributed by atoms with Crippen molar-refractivity contribution in [1.82, 2.24) is 19.7 Å². The van der Waals surface area contributed by atoms with E-state index in [1.807, 2.05) is 61.7 Å². The van der Waals surface area contributed by atoms with Gasteiger partial charge in [-0.05, 0) is 41.3 Å². The first-order chi connectivity index (χ1) is 13.7. The Bertz CT molecular complexity index is 1120. The standard InChI is InChI=1S/C22H19ClN4O/c1-2-19-20(27-13-3-12-24-22(27)26-19)21(28)25-14-15-4-6-16(7-5-15)17-8-10-18(23)11-9-17/h3-13H,2,14H2,1H3,(H,25,28). The van der Waals surface area contributed by atoms with Crippen LogP contribution < -0.4 is 5.32 Å². The molecule has 5 nitrogen and oxygen atoms in total. The van der Waals surface area contributed by atoms with E-state index in [0.717, 1.165) is 27.4 Å². The highest BCUT2D eigenvalue weighted by molar-refractivity contribution is 6.30. The van der Waals surface area contributed by atoms with E-state index in [1.165, 1.54) is 0 Å². The van der Waals surface area contributed by atoms with E-state index < -0.39 is 0 Å². The van der Waals surface area contributed by atoms with Crippen molar-refractivity contribution in [2.24, 2.45) is 0 Å². The van der Waals surface area contributed by atoms with Gasteiger partial charge in [-0.15, -0.1) is 0 Å². The zero-order valence-electron chi connectivity index (χ0n) is 15.4. The first-order valence-electron chi connectivity index (χ1n) is 9.10. The minimum Gasteiger partial charge on any atom is -0.347 e. The maximum atomic E-state index is 12.8. The van der Waals surface area contributed by atoms with Gasteiger partial charge in [0.05, 0.1) is 5.69 Å². The van der Waals surface area contributed by atoms with Gasteiger partial charge in [0.1, 0.15) is 5.69 Å². The molecular weight excluding hydrogens is 372 g/mol. The van der Waals surface area contributed by atoms with Crippen LogP contribution in [0.2, 0.25) is 5.02 Å². The number of benzene rings is 2. The number of halogens is 1. The summed E-state index contributed by atoms with van der Waals surface area (Å²) in [6.45, 7) is 2.42. The molecule has 0 radical (unpaired) electrons. The van der Waals surface area contributed by atoms with Gasteiger partial charge >= 0.3 is 0 Å². The molecule has 0 bridgehead atoms. The predicted molar refractivity (Wildman–Crippen MR) is 110 cm³/mol. The van der Waals surface area contributed by atoms with Crippen molar-refractivity contribution in [3.63, 3.8) is 0 Å². The van der Waals surface area contributed by atoms with Crippen molar-refractivity contribution in [3.8, 4) is 11.1 Å². The normalized spacial score (nSPS) is 10.9. The Morgan fingerprint density at radius 2 is 1.75 bits per heavy atom. The molecule has 1 amide bonds. The van der Waals surface area contributed by atoms with E-state index in [9.17, 15) is 4.79 Å². The molecule has 2 heterocycles. The molecule has 0 aliphatic carbocycles. The second-order valence-electron chi connectivity index (χ2n) is 6.44. The minimum atomic E-state index is -0.154. The Hall–Kier alpha value is -3.18. The molecule has 2 aromatic heterocycles. The van der Waals surface area contributed by atoms with Crippen molar-refractivity contribution in [3.05, 3.63) is 89.0 Å². The fourth-order valence-electron chi connectivity index (χ4n) is 3.14. The van der Waals surface area contributed by atoms with Crippen LogP contribution in [0.4, 0.5) is 0 Å². The second-order valence-corrected chi connectivity index (χ2v) is 6.87. The van der Waals surface area contributed by atoms with Crippen molar-refractivity contribution < 1.29 is 4.79 Å². The summed E-state index contributed by atoms with van der Waals surface area (Å²) < 4.78 is 1.73. The zero-order valence-corrected chi connectivity index (χ0v) is 16.1. The smallest absolute Gasteiger partial charge is 0.270 e. The molecule has 0 aliphatic heterocycles. The van der Waals surface area contributed by atoms with Gasteiger partial charge in [0.2, 0.25) is 5.78 Å². The third kappa shape index (κ3) is 3.62. The molecule has 4 aromatic rings. The van der Waals surface area contributed by atoms with E-state index in [2.05, 4.69) is 15.3 Å². The van der Waals surface area contributed by atoms with Crippen LogP contribution in [0.15, 0.2) is 67.0 Å². The van der Waals surface area contributed by atoms with Crippen LogP contribution in [0.5, 0.6) is 0 Å². The maximum Gasteiger partial charge on any atom is 0.270 e. The van der Waals surface area contributed by atoms with Crippen LogP contribution in [0.3, 0.4) is 0 Å². The summed E-state index contributed by atoms with van der Waals surface area (Å²) in [5.74, 6) is 0.385. The number of aryl methyl sites for hydroxylation is 1. The molecule has 140 valence electrons. The van der Waals surface area contributed by atoms with Gasteiger partial charge in [0.25, 0.3) is 5.91 Å². The lowest BCUT2D eigenvalue weighted by atomic mass is 10.0. The van der Waals surface area contributed by atoms with Crippen LogP contribution in [-0.4, -0.2) is 20.3 Å². The fourth-order valence-corrected chi connectivity index (χ4v) is 3.27. The summed E-state index contributed by atoms with van der Waals surface area (Å²) in [4.78, 5) is 21.4. The third-order valence-corrected chi connectivity index (χ3v) is 4.86. The molecule has 0 spiro atoms. The highest BCUT2D eigenvalue weighted by Gasteiger charge is 2.18. The Morgan fingerprint density at radius 1 is 1.07 bits per heavy atom. The molecule has 6 heteroatoms. The number of imidazole rings is 1. The summed E-state index contributed by atoms with van der Waals surface area (Å²) in [6, 6.07) is 17.6. The molecule has 0 fully saturated rings. The maximum absolute atomic E-state index is 12.8. The lowest BCUT2D eigenvalue weighted by Crippen LogP contribution is -2.25. The van der Waals surface area contributed by atoms with Gasteiger partial charge in [-0.3, -0.25) is 9.20 Å². The molecule has 0 aliphatic rings. The van der Waals surface area contributed by atoms with Gasteiger partial charge in [-0.2, -0.15) is 0 Å². The average molecular weight is 391 g/mol. The fraction of sp³-hybridized carbons (Fsp3) is 0.136. The van der Waals surface area contributed by atoms with Gasteiger partial charge < -0.3 is 5.32 Å². The third-order valence-electron chi connectivity index (χ3n) is 4.61. The first-order valence-corrected chi connectivity index (χ1v) is 9.48. The number of nitrogens with one attached hydrogen (secondary N) is 1. The number of carbonyl (C=O) groups is 1. The summed E-state index contributed by atoms with van der Waals surface area (Å²) in [5.41, 5.74) is 4.52. The minimum absolute atomic E-state index is 0.154. The van der Waals surface area contributed by atoms with Gasteiger partial charge in [0.15, 0.2) is 0 Å². The van der Waals surface area contributed by atoms with E-state index in [-0.39, 0.29) is 5.91 Å². The van der Waals surface area contributed by atoms with Crippen LogP contribution in [-0.2, 0) is 13.0 Å². The highest BCUT2D eigenvalue weighted by atomic mass is 35.5. The second kappa shape index (κ2) is 7.82. The molecule has 0 atom stereocenters. The van der Waals surface area contributed by atoms with Crippen molar-refractivity contribution in [2.75, 3.05) is 0 Å². The first kappa shape index (κ1) is 18.2. The number of hydrogen-bond donors (Lipinski definition) is 1. The lowest BCUT2D eigenvalue weighted by Gasteiger charge is -2.08. The molecule has 28 heavy (non-hydrogen) atoms. The van der Waals surface area contributed by atoms with Gasteiger partial charge in [-0.25, -0.2) is 9.97 Å². The molecule has 1 N–H and O–H groups in total. The zero-order chi connectivity index (χ0) is 19.5. The van der Waals surface area contributed by atoms with Crippen LogP contribution in [0, 0.1) is 0 Å². The average Bonchev–Trinajstić information content (AvgIpc) is 3.12.